The number of H-pyrrole nitrogens is 1. The smallest absolute Gasteiger partial charge is 0.259 e. The van der Waals surface area contributed by atoms with Gasteiger partial charge in [0, 0.05) is 9.86 Å². The maximum absolute atomic E-state index is 13.6. The first-order valence-corrected chi connectivity index (χ1v) is 4.97. The summed E-state index contributed by atoms with van der Waals surface area (Å²) in [6, 6.07) is 2.52. The van der Waals surface area contributed by atoms with E-state index in [4.69, 9.17) is 0 Å². The predicted octanol–water partition coefficient (Wildman–Crippen LogP) is 2.88. The fourth-order valence-corrected chi connectivity index (χ4v) is 1.90. The summed E-state index contributed by atoms with van der Waals surface area (Å²) in [5.41, 5.74) is -0.515. The van der Waals surface area contributed by atoms with Crippen molar-refractivity contribution >= 4 is 26.7 Å². The second kappa shape index (κ2) is 3.41. The van der Waals surface area contributed by atoms with Crippen LogP contribution in [0.2, 0.25) is 0 Å². The highest BCUT2D eigenvalue weighted by molar-refractivity contribution is 9.10. The van der Waals surface area contributed by atoms with E-state index in [9.17, 15) is 13.6 Å². The maximum atomic E-state index is 13.6. The molecule has 2 rings (SSSR count). The summed E-state index contributed by atoms with van der Waals surface area (Å²) in [7, 11) is 0. The Bertz CT molecular complexity index is 606. The van der Waals surface area contributed by atoms with Crippen LogP contribution in [0.1, 0.15) is 5.69 Å². The van der Waals surface area contributed by atoms with E-state index in [0.29, 0.717) is 4.47 Å². The number of aromatic amines is 1. The minimum Gasteiger partial charge on any atom is -0.323 e. The molecule has 2 aromatic rings. The summed E-state index contributed by atoms with van der Waals surface area (Å²) in [6.07, 6.45) is 0. The zero-order valence-corrected chi connectivity index (χ0v) is 9.28. The van der Waals surface area contributed by atoms with Crippen LogP contribution < -0.4 is 5.56 Å². The molecular formula is C10H6BrF2NO. The highest BCUT2D eigenvalue weighted by atomic mass is 79.9. The van der Waals surface area contributed by atoms with Crippen molar-refractivity contribution in [2.75, 3.05) is 0 Å². The van der Waals surface area contributed by atoms with Gasteiger partial charge < -0.3 is 4.98 Å². The van der Waals surface area contributed by atoms with Crippen molar-refractivity contribution in [1.29, 1.82) is 0 Å². The lowest BCUT2D eigenvalue weighted by Gasteiger charge is -2.03. The average molecular weight is 274 g/mol. The van der Waals surface area contributed by atoms with Gasteiger partial charge >= 0.3 is 0 Å². The number of nitrogens with one attached hydrogen (secondary N) is 1. The van der Waals surface area contributed by atoms with Gasteiger partial charge in [0.25, 0.3) is 5.56 Å². The quantitative estimate of drug-likeness (QED) is 0.787. The Labute approximate surface area is 92.1 Å². The lowest BCUT2D eigenvalue weighted by atomic mass is 10.1. The molecule has 0 spiro atoms. The molecule has 78 valence electrons. The molecule has 0 saturated carbocycles. The molecule has 1 N–H and O–H groups in total. The van der Waals surface area contributed by atoms with Crippen LogP contribution in [0.5, 0.6) is 0 Å². The minimum absolute atomic E-state index is 0.0110. The van der Waals surface area contributed by atoms with E-state index in [-0.39, 0.29) is 16.5 Å². The van der Waals surface area contributed by atoms with Crippen molar-refractivity contribution in [2.45, 2.75) is 6.92 Å². The topological polar surface area (TPSA) is 32.9 Å². The van der Waals surface area contributed by atoms with Crippen LogP contribution in [-0.4, -0.2) is 4.98 Å². The molecule has 0 radical (unpaired) electrons. The molecule has 0 atom stereocenters. The second-order valence-electron chi connectivity index (χ2n) is 3.20. The van der Waals surface area contributed by atoms with Crippen molar-refractivity contribution in [3.8, 4) is 0 Å². The Hall–Kier alpha value is -1.23. The molecule has 0 unspecified atom stereocenters. The minimum atomic E-state index is -0.737. The fraction of sp³-hybridized carbons (Fsp3) is 0.100. The SMILES string of the molecule is Cc1[nH]c(=O)c2c(F)cc(Br)cc2c1F. The Morgan fingerprint density at radius 2 is 2.00 bits per heavy atom. The van der Waals surface area contributed by atoms with Gasteiger partial charge in [0.15, 0.2) is 0 Å². The predicted molar refractivity (Wildman–Crippen MR) is 56.9 cm³/mol. The standard InChI is InChI=1S/C10H6BrF2NO/c1-4-9(13)6-2-5(11)3-7(12)8(6)10(15)14-4/h2-3H,1H3,(H,14,15). The number of aromatic nitrogens is 1. The Balaban J connectivity index is 3.10. The summed E-state index contributed by atoms with van der Waals surface area (Å²) >= 11 is 3.05. The van der Waals surface area contributed by atoms with Gasteiger partial charge in [-0.2, -0.15) is 0 Å². The molecule has 15 heavy (non-hydrogen) atoms. The molecule has 0 aliphatic carbocycles. The lowest BCUT2D eigenvalue weighted by Crippen LogP contribution is -2.11. The molecular weight excluding hydrogens is 268 g/mol. The van der Waals surface area contributed by atoms with Gasteiger partial charge in [0.05, 0.1) is 11.1 Å². The molecule has 0 aliphatic rings. The van der Waals surface area contributed by atoms with E-state index in [1.807, 2.05) is 0 Å². The summed E-state index contributed by atoms with van der Waals surface area (Å²) < 4.78 is 27.4. The third-order valence-corrected chi connectivity index (χ3v) is 2.61. The van der Waals surface area contributed by atoms with Gasteiger partial charge in [0.1, 0.15) is 11.6 Å². The number of pyridine rings is 1. The van der Waals surface area contributed by atoms with Gasteiger partial charge in [0.2, 0.25) is 0 Å². The van der Waals surface area contributed by atoms with Gasteiger partial charge in [-0.15, -0.1) is 0 Å². The van der Waals surface area contributed by atoms with Gasteiger partial charge in [-0.1, -0.05) is 15.9 Å². The number of aryl methyl sites for hydroxylation is 1. The average Bonchev–Trinajstić information content (AvgIpc) is 2.12. The number of hydrogen-bond donors (Lipinski definition) is 1. The molecule has 0 aliphatic heterocycles. The molecule has 2 nitrogen and oxygen atoms in total. The molecule has 0 saturated heterocycles. The molecule has 0 amide bonds. The van der Waals surface area contributed by atoms with Crippen molar-refractivity contribution in [2.24, 2.45) is 0 Å². The van der Waals surface area contributed by atoms with Crippen molar-refractivity contribution in [1.82, 2.24) is 4.98 Å². The maximum Gasteiger partial charge on any atom is 0.259 e. The molecule has 5 heteroatoms. The first-order valence-electron chi connectivity index (χ1n) is 4.18. The van der Waals surface area contributed by atoms with Gasteiger partial charge in [-0.05, 0) is 19.1 Å². The molecule has 1 aromatic carbocycles. The van der Waals surface area contributed by atoms with Crippen molar-refractivity contribution in [3.05, 3.63) is 44.3 Å². The zero-order valence-electron chi connectivity index (χ0n) is 7.70. The third-order valence-electron chi connectivity index (χ3n) is 2.15. The largest absolute Gasteiger partial charge is 0.323 e. The van der Waals surface area contributed by atoms with Crippen LogP contribution in [0.3, 0.4) is 0 Å². The van der Waals surface area contributed by atoms with Crippen LogP contribution in [0.4, 0.5) is 8.78 Å². The van der Waals surface area contributed by atoms with Gasteiger partial charge in [-0.25, -0.2) is 8.78 Å². The summed E-state index contributed by atoms with van der Waals surface area (Å²) in [4.78, 5) is 13.7. The van der Waals surface area contributed by atoms with Gasteiger partial charge in [-0.3, -0.25) is 4.79 Å². The van der Waals surface area contributed by atoms with Crippen LogP contribution >= 0.6 is 15.9 Å². The van der Waals surface area contributed by atoms with Crippen molar-refractivity contribution < 1.29 is 8.78 Å². The lowest BCUT2D eigenvalue weighted by molar-refractivity contribution is 0.613. The van der Waals surface area contributed by atoms with Crippen LogP contribution in [0.15, 0.2) is 21.4 Å². The van der Waals surface area contributed by atoms with E-state index in [0.717, 1.165) is 6.07 Å². The summed E-state index contributed by atoms with van der Waals surface area (Å²) in [5, 5.41) is -0.260. The van der Waals surface area contributed by atoms with Crippen molar-refractivity contribution in [3.63, 3.8) is 0 Å². The van der Waals surface area contributed by atoms with E-state index >= 15 is 0 Å². The molecule has 1 aromatic heterocycles. The normalized spacial score (nSPS) is 10.9. The molecule has 0 bridgehead atoms. The second-order valence-corrected chi connectivity index (χ2v) is 4.12. The molecule has 1 heterocycles. The van der Waals surface area contributed by atoms with Crippen LogP contribution in [0, 0.1) is 18.6 Å². The van der Waals surface area contributed by atoms with Crippen LogP contribution in [-0.2, 0) is 0 Å². The number of fused-ring (bicyclic) bond motifs is 1. The number of halogens is 3. The zero-order chi connectivity index (χ0) is 11.2. The fourth-order valence-electron chi connectivity index (χ4n) is 1.47. The van der Waals surface area contributed by atoms with E-state index in [1.165, 1.54) is 13.0 Å². The monoisotopic (exact) mass is 273 g/mol. The number of hydrogen-bond acceptors (Lipinski definition) is 1. The Kier molecular flexibility index (Phi) is 2.34. The highest BCUT2D eigenvalue weighted by Gasteiger charge is 2.13. The molecule has 0 fully saturated rings. The first kappa shape index (κ1) is 10.3. The Morgan fingerprint density at radius 1 is 1.33 bits per heavy atom. The number of rotatable bonds is 0. The van der Waals surface area contributed by atoms with E-state index in [2.05, 4.69) is 20.9 Å². The van der Waals surface area contributed by atoms with Crippen LogP contribution in [0.25, 0.3) is 10.8 Å². The first-order chi connectivity index (χ1) is 7.00. The summed E-state index contributed by atoms with van der Waals surface area (Å²) in [5.74, 6) is -1.34. The van der Waals surface area contributed by atoms with E-state index in [1.54, 1.807) is 0 Å². The third kappa shape index (κ3) is 1.56. The number of benzene rings is 1. The highest BCUT2D eigenvalue weighted by Crippen LogP contribution is 2.23. The Morgan fingerprint density at radius 3 is 2.67 bits per heavy atom. The van der Waals surface area contributed by atoms with E-state index < -0.39 is 17.2 Å². The summed E-state index contributed by atoms with van der Waals surface area (Å²) in [6.45, 7) is 1.43.